The Morgan fingerprint density at radius 1 is 1.14 bits per heavy atom. The molecule has 0 saturated carbocycles. The van der Waals surface area contributed by atoms with Crippen molar-refractivity contribution < 1.29 is 0 Å². The molecule has 0 atom stereocenters. The molecule has 108 valence electrons. The van der Waals surface area contributed by atoms with Crippen LogP contribution in [-0.4, -0.2) is 13.1 Å². The number of halogens is 1. The lowest BCUT2D eigenvalue weighted by Gasteiger charge is -2.07. The highest BCUT2D eigenvalue weighted by Gasteiger charge is 2.09. The summed E-state index contributed by atoms with van der Waals surface area (Å²) in [5.41, 5.74) is 13.1. The number of pyridine rings is 1. The lowest BCUT2D eigenvalue weighted by Crippen LogP contribution is -2.16. The van der Waals surface area contributed by atoms with Crippen LogP contribution in [0.3, 0.4) is 0 Å². The van der Waals surface area contributed by atoms with Crippen LogP contribution in [0, 0.1) is 11.5 Å². The molecule has 2 aromatic rings. The Kier molecular flexibility index (Phi) is 4.84. The summed E-state index contributed by atoms with van der Waals surface area (Å²) in [6, 6.07) is 9.76. The zero-order valence-electron chi connectivity index (χ0n) is 12.6. The van der Waals surface area contributed by atoms with Gasteiger partial charge in [-0.2, -0.15) is 0 Å². The molecule has 0 aliphatic carbocycles. The van der Waals surface area contributed by atoms with E-state index in [0.717, 1.165) is 27.4 Å². The summed E-state index contributed by atoms with van der Waals surface area (Å²) >= 11 is 5.92. The zero-order valence-corrected chi connectivity index (χ0v) is 14.3. The first-order chi connectivity index (χ1) is 9.89. The van der Waals surface area contributed by atoms with Crippen LogP contribution >= 0.6 is 11.6 Å². The quantitative estimate of drug-likeness (QED) is 0.670. The lowest BCUT2D eigenvalue weighted by molar-refractivity contribution is 1.04. The van der Waals surface area contributed by atoms with Crippen LogP contribution in [0.25, 0.3) is 11.1 Å². The fourth-order valence-corrected chi connectivity index (χ4v) is 2.44. The molecule has 0 radical (unpaired) electrons. The van der Waals surface area contributed by atoms with Gasteiger partial charge in [0.25, 0.3) is 0 Å². The van der Waals surface area contributed by atoms with Crippen LogP contribution < -0.4 is 5.73 Å². The first-order valence-corrected chi connectivity index (χ1v) is 10.7. The monoisotopic (exact) mass is 314 g/mol. The van der Waals surface area contributed by atoms with Crippen molar-refractivity contribution in [3.05, 3.63) is 52.8 Å². The van der Waals surface area contributed by atoms with E-state index in [2.05, 4.69) is 42.2 Å². The molecule has 4 heteroatoms. The molecule has 0 fully saturated rings. The predicted molar refractivity (Wildman–Crippen MR) is 92.8 cm³/mol. The van der Waals surface area contributed by atoms with Crippen molar-refractivity contribution in [2.24, 2.45) is 5.73 Å². The fraction of sp³-hybridized carbons (Fsp3) is 0.235. The molecule has 2 N–H and O–H groups in total. The largest absolute Gasteiger partial charge is 0.326 e. The molecule has 0 aliphatic rings. The second kappa shape index (κ2) is 6.44. The maximum absolute atomic E-state index is 5.92. The maximum atomic E-state index is 5.92. The smallest absolute Gasteiger partial charge is 0.129 e. The average molecular weight is 315 g/mol. The normalized spacial score (nSPS) is 10.9. The van der Waals surface area contributed by atoms with E-state index in [0.29, 0.717) is 6.54 Å². The third-order valence-corrected chi connectivity index (χ3v) is 4.05. The molecule has 21 heavy (non-hydrogen) atoms. The molecule has 1 aromatic carbocycles. The Labute approximate surface area is 132 Å². The van der Waals surface area contributed by atoms with Gasteiger partial charge < -0.3 is 5.73 Å². The minimum Gasteiger partial charge on any atom is -0.326 e. The molecular formula is C17H19ClN2Si. The van der Waals surface area contributed by atoms with Gasteiger partial charge in [-0.15, -0.1) is 5.54 Å². The van der Waals surface area contributed by atoms with Gasteiger partial charge in [0.2, 0.25) is 0 Å². The Morgan fingerprint density at radius 3 is 2.38 bits per heavy atom. The summed E-state index contributed by atoms with van der Waals surface area (Å²) in [4.78, 5) is 4.49. The maximum Gasteiger partial charge on any atom is 0.129 e. The molecule has 1 aromatic heterocycles. The number of benzene rings is 1. The van der Waals surface area contributed by atoms with Gasteiger partial charge in [0.1, 0.15) is 13.8 Å². The highest BCUT2D eigenvalue weighted by molar-refractivity contribution is 6.83. The SMILES string of the molecule is C[Si](C)(C)C#Cc1ncc(-c2ccc(Cl)cc2)cc1CN. The van der Waals surface area contributed by atoms with Gasteiger partial charge in [0.05, 0.1) is 0 Å². The summed E-state index contributed by atoms with van der Waals surface area (Å²) in [5, 5.41) is 0.725. The third kappa shape index (κ3) is 4.43. The summed E-state index contributed by atoms with van der Waals surface area (Å²) in [6.07, 6.45) is 1.84. The zero-order chi connectivity index (χ0) is 15.5. The minimum atomic E-state index is -1.42. The Morgan fingerprint density at radius 2 is 1.81 bits per heavy atom. The van der Waals surface area contributed by atoms with Gasteiger partial charge in [-0.25, -0.2) is 4.98 Å². The van der Waals surface area contributed by atoms with E-state index in [9.17, 15) is 0 Å². The van der Waals surface area contributed by atoms with Crippen LogP contribution in [0.4, 0.5) is 0 Å². The van der Waals surface area contributed by atoms with Gasteiger partial charge in [-0.3, -0.25) is 0 Å². The Bertz CT molecular complexity index is 691. The van der Waals surface area contributed by atoms with Crippen LogP contribution in [0.2, 0.25) is 24.7 Å². The molecule has 2 rings (SSSR count). The molecular weight excluding hydrogens is 296 g/mol. The van der Waals surface area contributed by atoms with Gasteiger partial charge >= 0.3 is 0 Å². The standard InChI is InChI=1S/C17H19ClN2Si/c1-21(2,3)9-8-17-14(11-19)10-15(12-20-17)13-4-6-16(18)7-5-13/h4-7,10,12H,11,19H2,1-3H3. The van der Waals surface area contributed by atoms with Gasteiger partial charge in [-0.05, 0) is 23.8 Å². The summed E-state index contributed by atoms with van der Waals surface area (Å²) in [6.45, 7) is 7.07. The van der Waals surface area contributed by atoms with Crippen LogP contribution in [0.1, 0.15) is 11.3 Å². The number of nitrogens with two attached hydrogens (primary N) is 1. The van der Waals surface area contributed by atoms with Crippen molar-refractivity contribution >= 4 is 19.7 Å². The van der Waals surface area contributed by atoms with Crippen LogP contribution in [0.5, 0.6) is 0 Å². The van der Waals surface area contributed by atoms with E-state index < -0.39 is 8.07 Å². The van der Waals surface area contributed by atoms with E-state index in [1.807, 2.05) is 30.5 Å². The number of aromatic nitrogens is 1. The first kappa shape index (κ1) is 15.8. The van der Waals surface area contributed by atoms with Crippen molar-refractivity contribution in [1.82, 2.24) is 4.98 Å². The topological polar surface area (TPSA) is 38.9 Å². The molecule has 0 amide bonds. The number of nitrogens with zero attached hydrogens (tertiary/aromatic N) is 1. The molecule has 1 heterocycles. The molecule has 0 aliphatic heterocycles. The van der Waals surface area contributed by atoms with Gasteiger partial charge in [0.15, 0.2) is 0 Å². The van der Waals surface area contributed by atoms with E-state index in [1.165, 1.54) is 0 Å². The van der Waals surface area contributed by atoms with Crippen LogP contribution in [0.15, 0.2) is 36.5 Å². The van der Waals surface area contributed by atoms with Crippen molar-refractivity contribution in [2.45, 2.75) is 26.2 Å². The summed E-state index contributed by atoms with van der Waals surface area (Å²) in [5.74, 6) is 3.19. The molecule has 0 spiro atoms. The van der Waals surface area contributed by atoms with E-state index in [4.69, 9.17) is 17.3 Å². The van der Waals surface area contributed by atoms with E-state index in [-0.39, 0.29) is 0 Å². The molecule has 0 unspecified atom stereocenters. The van der Waals surface area contributed by atoms with Crippen molar-refractivity contribution in [3.63, 3.8) is 0 Å². The van der Waals surface area contributed by atoms with E-state index in [1.54, 1.807) is 0 Å². The van der Waals surface area contributed by atoms with Crippen molar-refractivity contribution in [2.75, 3.05) is 0 Å². The fourth-order valence-electron chi connectivity index (χ4n) is 1.83. The number of rotatable bonds is 2. The highest BCUT2D eigenvalue weighted by Crippen LogP contribution is 2.22. The van der Waals surface area contributed by atoms with Crippen molar-refractivity contribution in [3.8, 4) is 22.6 Å². The van der Waals surface area contributed by atoms with Crippen molar-refractivity contribution in [1.29, 1.82) is 0 Å². The second-order valence-corrected chi connectivity index (χ2v) is 11.1. The molecule has 0 saturated heterocycles. The Hall–Kier alpha value is -1.60. The van der Waals surface area contributed by atoms with Crippen LogP contribution in [-0.2, 0) is 6.54 Å². The highest BCUT2D eigenvalue weighted by atomic mass is 35.5. The molecule has 0 bridgehead atoms. The molecule has 2 nitrogen and oxygen atoms in total. The lowest BCUT2D eigenvalue weighted by atomic mass is 10.0. The predicted octanol–water partition coefficient (Wildman–Crippen LogP) is 4.09. The minimum absolute atomic E-state index is 0.435. The first-order valence-electron chi connectivity index (χ1n) is 6.87. The second-order valence-electron chi connectivity index (χ2n) is 5.94. The van der Waals surface area contributed by atoms with E-state index >= 15 is 0 Å². The summed E-state index contributed by atoms with van der Waals surface area (Å²) < 4.78 is 0. The summed E-state index contributed by atoms with van der Waals surface area (Å²) in [7, 11) is -1.42. The van der Waals surface area contributed by atoms with Gasteiger partial charge in [-0.1, -0.05) is 49.3 Å². The average Bonchev–Trinajstić information content (AvgIpc) is 2.45. The number of hydrogen-bond acceptors (Lipinski definition) is 2. The number of hydrogen-bond donors (Lipinski definition) is 1. The van der Waals surface area contributed by atoms with Gasteiger partial charge in [0, 0.05) is 28.9 Å². The Balaban J connectivity index is 2.40. The third-order valence-electron chi connectivity index (χ3n) is 2.92.